The average molecular weight is 391 g/mol. The third-order valence-corrected chi connectivity index (χ3v) is 4.55. The van der Waals surface area contributed by atoms with Gasteiger partial charge in [0.15, 0.2) is 5.96 Å². The SMILES string of the molecule is CCNC(=NCc1c(C)nn(C)c1C)NCCNC(=O)c1ccccc1Cl. The van der Waals surface area contributed by atoms with E-state index in [1.807, 2.05) is 32.5 Å². The first-order chi connectivity index (χ1) is 12.9. The number of aliphatic imine (C=N–C) groups is 1. The second-order valence-electron chi connectivity index (χ2n) is 6.13. The van der Waals surface area contributed by atoms with Crippen LogP contribution in [0.2, 0.25) is 5.02 Å². The Labute approximate surface area is 165 Å². The average Bonchev–Trinajstić information content (AvgIpc) is 2.88. The quantitative estimate of drug-likeness (QED) is 0.384. The lowest BCUT2D eigenvalue weighted by molar-refractivity contribution is 0.0954. The number of nitrogens with zero attached hydrogens (tertiary/aromatic N) is 3. The fraction of sp³-hybridized carbons (Fsp3) is 0.421. The maximum Gasteiger partial charge on any atom is 0.252 e. The van der Waals surface area contributed by atoms with Gasteiger partial charge in [0.1, 0.15) is 0 Å². The number of hydrogen-bond acceptors (Lipinski definition) is 3. The number of amides is 1. The number of carbonyl (C=O) groups excluding carboxylic acids is 1. The molecule has 0 aliphatic carbocycles. The summed E-state index contributed by atoms with van der Waals surface area (Å²) in [7, 11) is 1.93. The number of nitrogens with one attached hydrogen (secondary N) is 3. The fourth-order valence-electron chi connectivity index (χ4n) is 2.64. The molecule has 2 rings (SSSR count). The Balaban J connectivity index is 1.87. The highest BCUT2D eigenvalue weighted by Gasteiger charge is 2.10. The molecule has 0 spiro atoms. The molecule has 3 N–H and O–H groups in total. The van der Waals surface area contributed by atoms with Crippen molar-refractivity contribution >= 4 is 23.5 Å². The van der Waals surface area contributed by atoms with Crippen molar-refractivity contribution in [3.05, 3.63) is 51.8 Å². The number of benzene rings is 1. The third-order valence-electron chi connectivity index (χ3n) is 4.22. The number of aryl methyl sites for hydroxylation is 2. The zero-order valence-corrected chi connectivity index (χ0v) is 17.0. The predicted molar refractivity (Wildman–Crippen MR) is 109 cm³/mol. The molecule has 0 bridgehead atoms. The Hall–Kier alpha value is -2.54. The summed E-state index contributed by atoms with van der Waals surface area (Å²) in [5.41, 5.74) is 3.70. The van der Waals surface area contributed by atoms with Crippen LogP contribution in [0.5, 0.6) is 0 Å². The number of aromatic nitrogens is 2. The highest BCUT2D eigenvalue weighted by Crippen LogP contribution is 2.14. The van der Waals surface area contributed by atoms with Crippen molar-refractivity contribution in [3.63, 3.8) is 0 Å². The minimum atomic E-state index is -0.189. The van der Waals surface area contributed by atoms with Gasteiger partial charge in [-0.15, -0.1) is 0 Å². The van der Waals surface area contributed by atoms with Gasteiger partial charge in [-0.25, -0.2) is 4.99 Å². The van der Waals surface area contributed by atoms with Gasteiger partial charge in [0.05, 0.1) is 22.8 Å². The van der Waals surface area contributed by atoms with Gasteiger partial charge in [0, 0.05) is 37.9 Å². The van der Waals surface area contributed by atoms with Crippen LogP contribution in [0.3, 0.4) is 0 Å². The summed E-state index contributed by atoms with van der Waals surface area (Å²) < 4.78 is 1.87. The molecule has 0 unspecified atom stereocenters. The van der Waals surface area contributed by atoms with Gasteiger partial charge in [0.2, 0.25) is 0 Å². The molecule has 0 saturated carbocycles. The Kier molecular flexibility index (Phi) is 7.67. The molecule has 1 heterocycles. The minimum absolute atomic E-state index is 0.189. The Morgan fingerprint density at radius 3 is 2.52 bits per heavy atom. The van der Waals surface area contributed by atoms with Crippen LogP contribution < -0.4 is 16.0 Å². The molecule has 1 aromatic heterocycles. The van der Waals surface area contributed by atoms with Crippen LogP contribution in [0.4, 0.5) is 0 Å². The summed E-state index contributed by atoms with van der Waals surface area (Å²) in [6.45, 7) is 8.34. The number of hydrogen-bond donors (Lipinski definition) is 3. The zero-order chi connectivity index (χ0) is 19.8. The van der Waals surface area contributed by atoms with E-state index in [1.165, 1.54) is 0 Å². The summed E-state index contributed by atoms with van der Waals surface area (Å²) in [4.78, 5) is 16.8. The van der Waals surface area contributed by atoms with Crippen LogP contribution in [0.25, 0.3) is 0 Å². The number of halogens is 1. The molecule has 0 aliphatic heterocycles. The summed E-state index contributed by atoms with van der Waals surface area (Å²) >= 11 is 6.04. The fourth-order valence-corrected chi connectivity index (χ4v) is 2.87. The largest absolute Gasteiger partial charge is 0.357 e. The van der Waals surface area contributed by atoms with Gasteiger partial charge in [-0.05, 0) is 32.9 Å². The molecule has 0 aliphatic rings. The van der Waals surface area contributed by atoms with Crippen molar-refractivity contribution in [1.29, 1.82) is 0 Å². The second kappa shape index (κ2) is 9.97. The molecular formula is C19H27ClN6O. The summed E-state index contributed by atoms with van der Waals surface area (Å²) in [6, 6.07) is 6.99. The lowest BCUT2D eigenvalue weighted by atomic mass is 10.2. The Bertz CT molecular complexity index is 815. The molecule has 1 amide bonds. The monoisotopic (exact) mass is 390 g/mol. The van der Waals surface area contributed by atoms with Crippen LogP contribution in [-0.2, 0) is 13.6 Å². The summed E-state index contributed by atoms with van der Waals surface area (Å²) in [6.07, 6.45) is 0. The number of rotatable bonds is 7. The number of guanidine groups is 1. The smallest absolute Gasteiger partial charge is 0.252 e. The van der Waals surface area contributed by atoms with Gasteiger partial charge in [-0.2, -0.15) is 5.10 Å². The maximum absolute atomic E-state index is 12.1. The van der Waals surface area contributed by atoms with Gasteiger partial charge in [-0.3, -0.25) is 9.48 Å². The topological polar surface area (TPSA) is 83.3 Å². The van der Waals surface area contributed by atoms with E-state index in [2.05, 4.69) is 26.0 Å². The van der Waals surface area contributed by atoms with Gasteiger partial charge in [0.25, 0.3) is 5.91 Å². The standard InChI is InChI=1S/C19H27ClN6O/c1-5-21-19(24-12-16-13(2)25-26(4)14(16)3)23-11-10-22-18(27)15-8-6-7-9-17(15)20/h6-9H,5,10-12H2,1-4H3,(H,22,27)(H2,21,23,24). The summed E-state index contributed by atoms with van der Waals surface area (Å²) in [5, 5.41) is 14.1. The van der Waals surface area contributed by atoms with E-state index in [9.17, 15) is 4.79 Å². The van der Waals surface area contributed by atoms with E-state index in [4.69, 9.17) is 11.6 Å². The van der Waals surface area contributed by atoms with E-state index in [0.29, 0.717) is 36.2 Å². The highest BCUT2D eigenvalue weighted by atomic mass is 35.5. The molecule has 8 heteroatoms. The van der Waals surface area contributed by atoms with E-state index in [0.717, 1.165) is 23.5 Å². The molecule has 0 atom stereocenters. The summed E-state index contributed by atoms with van der Waals surface area (Å²) in [5.74, 6) is 0.512. The van der Waals surface area contributed by atoms with Crippen molar-refractivity contribution in [2.75, 3.05) is 19.6 Å². The van der Waals surface area contributed by atoms with Crippen LogP contribution in [0.1, 0.15) is 34.2 Å². The van der Waals surface area contributed by atoms with Crippen molar-refractivity contribution in [2.45, 2.75) is 27.3 Å². The van der Waals surface area contributed by atoms with Crippen molar-refractivity contribution in [2.24, 2.45) is 12.0 Å². The molecule has 146 valence electrons. The molecule has 27 heavy (non-hydrogen) atoms. The lowest BCUT2D eigenvalue weighted by Crippen LogP contribution is -2.41. The third kappa shape index (κ3) is 5.72. The minimum Gasteiger partial charge on any atom is -0.357 e. The van der Waals surface area contributed by atoms with Crippen molar-refractivity contribution < 1.29 is 4.79 Å². The number of carbonyl (C=O) groups is 1. The first-order valence-corrected chi connectivity index (χ1v) is 9.35. The molecule has 0 saturated heterocycles. The maximum atomic E-state index is 12.1. The molecule has 2 aromatic rings. The second-order valence-corrected chi connectivity index (χ2v) is 6.54. The highest BCUT2D eigenvalue weighted by molar-refractivity contribution is 6.33. The van der Waals surface area contributed by atoms with Crippen LogP contribution in [0.15, 0.2) is 29.3 Å². The Morgan fingerprint density at radius 2 is 1.89 bits per heavy atom. The van der Waals surface area contributed by atoms with E-state index in [-0.39, 0.29) is 5.91 Å². The van der Waals surface area contributed by atoms with Crippen LogP contribution >= 0.6 is 11.6 Å². The first kappa shape index (κ1) is 20.8. The van der Waals surface area contributed by atoms with Crippen molar-refractivity contribution in [1.82, 2.24) is 25.7 Å². The lowest BCUT2D eigenvalue weighted by Gasteiger charge is -2.12. The van der Waals surface area contributed by atoms with Crippen LogP contribution in [0, 0.1) is 13.8 Å². The molecule has 7 nitrogen and oxygen atoms in total. The molecular weight excluding hydrogens is 364 g/mol. The molecule has 0 fully saturated rings. The zero-order valence-electron chi connectivity index (χ0n) is 16.3. The van der Waals surface area contributed by atoms with E-state index < -0.39 is 0 Å². The predicted octanol–water partition coefficient (Wildman–Crippen LogP) is 2.18. The van der Waals surface area contributed by atoms with Gasteiger partial charge < -0.3 is 16.0 Å². The Morgan fingerprint density at radius 1 is 1.19 bits per heavy atom. The van der Waals surface area contributed by atoms with Gasteiger partial charge >= 0.3 is 0 Å². The molecule has 1 aromatic carbocycles. The molecule has 0 radical (unpaired) electrons. The van der Waals surface area contributed by atoms with Crippen molar-refractivity contribution in [3.8, 4) is 0 Å². The van der Waals surface area contributed by atoms with Crippen LogP contribution in [-0.4, -0.2) is 41.3 Å². The van der Waals surface area contributed by atoms with E-state index >= 15 is 0 Å². The van der Waals surface area contributed by atoms with Gasteiger partial charge in [-0.1, -0.05) is 23.7 Å². The first-order valence-electron chi connectivity index (χ1n) is 8.98. The normalized spacial score (nSPS) is 11.4. The van der Waals surface area contributed by atoms with E-state index in [1.54, 1.807) is 24.3 Å².